The minimum atomic E-state index is -3.32. The second kappa shape index (κ2) is 6.34. The predicted octanol–water partition coefficient (Wildman–Crippen LogP) is -0.368. The van der Waals surface area contributed by atoms with E-state index in [1.165, 1.54) is 0 Å². The Balaban J connectivity index is 3.68. The molecular weight excluding hydrogens is 204 g/mol. The SMILES string of the molecule is COCC(C)N(C)CCCS(N)(=O)=O. The third kappa shape index (κ3) is 7.25. The minimum absolute atomic E-state index is 0.0387. The van der Waals surface area contributed by atoms with Gasteiger partial charge in [-0.25, -0.2) is 13.6 Å². The van der Waals surface area contributed by atoms with E-state index in [0.717, 1.165) is 0 Å². The molecule has 14 heavy (non-hydrogen) atoms. The molecule has 0 saturated heterocycles. The Hall–Kier alpha value is -0.170. The van der Waals surface area contributed by atoms with Gasteiger partial charge in [0.25, 0.3) is 0 Å². The van der Waals surface area contributed by atoms with E-state index < -0.39 is 10.0 Å². The summed E-state index contributed by atoms with van der Waals surface area (Å²) in [5.74, 6) is 0.0387. The maximum absolute atomic E-state index is 10.6. The van der Waals surface area contributed by atoms with Crippen LogP contribution in [0.1, 0.15) is 13.3 Å². The largest absolute Gasteiger partial charge is 0.383 e. The van der Waals surface area contributed by atoms with E-state index in [4.69, 9.17) is 9.88 Å². The predicted molar refractivity (Wildman–Crippen MR) is 56.6 cm³/mol. The van der Waals surface area contributed by atoms with Crippen molar-refractivity contribution in [3.8, 4) is 0 Å². The van der Waals surface area contributed by atoms with Gasteiger partial charge in [0.05, 0.1) is 12.4 Å². The highest BCUT2D eigenvalue weighted by atomic mass is 32.2. The Morgan fingerprint density at radius 1 is 1.50 bits per heavy atom. The number of nitrogens with zero attached hydrogens (tertiary/aromatic N) is 1. The Kier molecular flexibility index (Phi) is 6.26. The number of sulfonamides is 1. The summed E-state index contributed by atoms with van der Waals surface area (Å²) in [7, 11) is 0.269. The summed E-state index contributed by atoms with van der Waals surface area (Å²) in [5, 5.41) is 4.89. The molecule has 1 atom stereocenters. The molecule has 0 heterocycles. The number of ether oxygens (including phenoxy) is 1. The van der Waals surface area contributed by atoms with E-state index in [9.17, 15) is 8.42 Å². The van der Waals surface area contributed by atoms with Gasteiger partial charge in [-0.15, -0.1) is 0 Å². The van der Waals surface area contributed by atoms with Crippen molar-refractivity contribution in [3.63, 3.8) is 0 Å². The molecule has 0 aliphatic rings. The molecule has 0 bridgehead atoms. The van der Waals surface area contributed by atoms with E-state index in [1.807, 2.05) is 14.0 Å². The topological polar surface area (TPSA) is 72.6 Å². The molecule has 86 valence electrons. The van der Waals surface area contributed by atoms with Crippen LogP contribution in [0.15, 0.2) is 0 Å². The molecule has 5 nitrogen and oxygen atoms in total. The van der Waals surface area contributed by atoms with Crippen LogP contribution in [-0.4, -0.2) is 52.4 Å². The lowest BCUT2D eigenvalue weighted by molar-refractivity contribution is 0.116. The summed E-state index contributed by atoms with van der Waals surface area (Å²) in [5.41, 5.74) is 0. The lowest BCUT2D eigenvalue weighted by atomic mass is 10.3. The third-order valence-corrected chi connectivity index (χ3v) is 2.96. The molecule has 0 saturated carbocycles. The fraction of sp³-hybridized carbons (Fsp3) is 1.00. The van der Waals surface area contributed by atoms with Gasteiger partial charge in [0.2, 0.25) is 10.0 Å². The van der Waals surface area contributed by atoms with Crippen LogP contribution in [-0.2, 0) is 14.8 Å². The minimum Gasteiger partial charge on any atom is -0.383 e. The smallest absolute Gasteiger partial charge is 0.209 e. The highest BCUT2D eigenvalue weighted by Gasteiger charge is 2.09. The Bertz CT molecular complexity index is 241. The quantitative estimate of drug-likeness (QED) is 0.640. The van der Waals surface area contributed by atoms with Gasteiger partial charge < -0.3 is 9.64 Å². The molecule has 0 fully saturated rings. The highest BCUT2D eigenvalue weighted by Crippen LogP contribution is 1.98. The van der Waals surface area contributed by atoms with E-state index in [0.29, 0.717) is 25.6 Å². The number of nitrogens with two attached hydrogens (primary N) is 1. The van der Waals surface area contributed by atoms with Gasteiger partial charge >= 0.3 is 0 Å². The highest BCUT2D eigenvalue weighted by molar-refractivity contribution is 7.89. The van der Waals surface area contributed by atoms with Crippen molar-refractivity contribution in [2.24, 2.45) is 5.14 Å². The molecular formula is C8H20N2O3S. The van der Waals surface area contributed by atoms with Crippen LogP contribution in [0.5, 0.6) is 0 Å². The van der Waals surface area contributed by atoms with Crippen LogP contribution in [0.4, 0.5) is 0 Å². The second-order valence-corrected chi connectivity index (χ2v) is 5.24. The first-order chi connectivity index (χ1) is 6.37. The first kappa shape index (κ1) is 13.8. The van der Waals surface area contributed by atoms with Gasteiger partial charge in [-0.2, -0.15) is 0 Å². The third-order valence-electron chi connectivity index (χ3n) is 2.10. The molecule has 2 N–H and O–H groups in total. The summed E-state index contributed by atoms with van der Waals surface area (Å²) >= 11 is 0. The standard InChI is InChI=1S/C8H20N2O3S/c1-8(7-13-3)10(2)5-4-6-14(9,11)12/h8H,4-7H2,1-3H3,(H2,9,11,12). The zero-order chi connectivity index (χ0) is 11.2. The van der Waals surface area contributed by atoms with Gasteiger partial charge in [-0.1, -0.05) is 0 Å². The molecule has 0 aromatic carbocycles. The van der Waals surface area contributed by atoms with Crippen molar-refractivity contribution >= 4 is 10.0 Å². The van der Waals surface area contributed by atoms with Crippen molar-refractivity contribution in [2.45, 2.75) is 19.4 Å². The van der Waals surface area contributed by atoms with E-state index in [-0.39, 0.29) is 5.75 Å². The van der Waals surface area contributed by atoms with Gasteiger partial charge in [0.15, 0.2) is 0 Å². The van der Waals surface area contributed by atoms with Crippen molar-refractivity contribution < 1.29 is 13.2 Å². The fourth-order valence-electron chi connectivity index (χ4n) is 1.10. The second-order valence-electron chi connectivity index (χ2n) is 3.51. The molecule has 0 aliphatic heterocycles. The molecule has 6 heteroatoms. The van der Waals surface area contributed by atoms with Gasteiger partial charge in [-0.05, 0) is 26.9 Å². The van der Waals surface area contributed by atoms with Crippen LogP contribution in [0.2, 0.25) is 0 Å². The number of hydrogen-bond acceptors (Lipinski definition) is 4. The number of hydrogen-bond donors (Lipinski definition) is 1. The maximum atomic E-state index is 10.6. The molecule has 0 aliphatic carbocycles. The van der Waals surface area contributed by atoms with E-state index >= 15 is 0 Å². The Morgan fingerprint density at radius 3 is 2.50 bits per heavy atom. The Labute approximate surface area is 86.3 Å². The van der Waals surface area contributed by atoms with Crippen molar-refractivity contribution in [2.75, 3.05) is 33.1 Å². The summed E-state index contributed by atoms with van der Waals surface area (Å²) in [6.07, 6.45) is 0.559. The van der Waals surface area contributed by atoms with Crippen molar-refractivity contribution in [1.29, 1.82) is 0 Å². The average Bonchev–Trinajstić information content (AvgIpc) is 2.02. The number of primary sulfonamides is 1. The van der Waals surface area contributed by atoms with Gasteiger partial charge in [-0.3, -0.25) is 0 Å². The van der Waals surface area contributed by atoms with Crippen LogP contribution in [0, 0.1) is 0 Å². The van der Waals surface area contributed by atoms with Crippen LogP contribution >= 0.6 is 0 Å². The molecule has 0 aromatic heterocycles. The average molecular weight is 224 g/mol. The fourth-order valence-corrected chi connectivity index (χ4v) is 1.64. The number of likely N-dealkylation sites (N-methyl/N-ethyl adjacent to an activating group) is 1. The van der Waals surface area contributed by atoms with Crippen molar-refractivity contribution in [1.82, 2.24) is 4.90 Å². The first-order valence-corrected chi connectivity index (χ1v) is 6.28. The summed E-state index contributed by atoms with van der Waals surface area (Å²) in [4.78, 5) is 2.05. The van der Waals surface area contributed by atoms with Gasteiger partial charge in [0.1, 0.15) is 0 Å². The zero-order valence-electron chi connectivity index (χ0n) is 9.06. The molecule has 1 unspecified atom stereocenters. The van der Waals surface area contributed by atoms with Crippen LogP contribution < -0.4 is 5.14 Å². The molecule has 0 radical (unpaired) electrons. The summed E-state index contributed by atoms with van der Waals surface area (Å²) in [6.45, 7) is 3.38. The zero-order valence-corrected chi connectivity index (χ0v) is 9.88. The van der Waals surface area contributed by atoms with Gasteiger partial charge in [0, 0.05) is 13.2 Å². The first-order valence-electron chi connectivity index (χ1n) is 4.56. The monoisotopic (exact) mass is 224 g/mol. The van der Waals surface area contributed by atoms with Crippen LogP contribution in [0.25, 0.3) is 0 Å². The number of rotatable bonds is 7. The number of methoxy groups -OCH3 is 1. The molecule has 0 aromatic rings. The van der Waals surface area contributed by atoms with Crippen molar-refractivity contribution in [3.05, 3.63) is 0 Å². The maximum Gasteiger partial charge on any atom is 0.209 e. The van der Waals surface area contributed by atoms with Crippen LogP contribution in [0.3, 0.4) is 0 Å². The molecule has 0 spiro atoms. The normalized spacial score (nSPS) is 14.6. The summed E-state index contributed by atoms with van der Waals surface area (Å²) < 4.78 is 26.3. The van der Waals surface area contributed by atoms with E-state index in [2.05, 4.69) is 4.90 Å². The lowest BCUT2D eigenvalue weighted by Crippen LogP contribution is -2.34. The molecule has 0 amide bonds. The lowest BCUT2D eigenvalue weighted by Gasteiger charge is -2.23. The van der Waals surface area contributed by atoms with E-state index in [1.54, 1.807) is 7.11 Å². The summed E-state index contributed by atoms with van der Waals surface area (Å²) in [6, 6.07) is 0.292. The Morgan fingerprint density at radius 2 is 2.07 bits per heavy atom. The molecule has 0 rings (SSSR count).